The first kappa shape index (κ1) is 11.1. The molecule has 1 aromatic carbocycles. The smallest absolute Gasteiger partial charge is 0.0477 e. The molecule has 1 saturated heterocycles. The second kappa shape index (κ2) is 4.64. The number of aliphatic hydroxyl groups excluding tert-OH is 1. The van der Waals surface area contributed by atoms with Crippen LogP contribution in [0.25, 0.3) is 0 Å². The number of likely N-dealkylation sites (N-methyl/N-ethyl adjacent to an activating group) is 1. The van der Waals surface area contributed by atoms with Crippen molar-refractivity contribution in [2.75, 3.05) is 26.7 Å². The number of benzene rings is 1. The van der Waals surface area contributed by atoms with E-state index in [1.807, 2.05) is 6.07 Å². The molecule has 0 amide bonds. The third-order valence-corrected chi connectivity index (χ3v) is 3.63. The largest absolute Gasteiger partial charge is 0.396 e. The molecule has 0 bridgehead atoms. The molecule has 1 aliphatic heterocycles. The summed E-state index contributed by atoms with van der Waals surface area (Å²) in [5, 5.41) is 9.35. The lowest BCUT2D eigenvalue weighted by atomic mass is 9.90. The van der Waals surface area contributed by atoms with Gasteiger partial charge in [-0.05, 0) is 24.7 Å². The van der Waals surface area contributed by atoms with Gasteiger partial charge in [0, 0.05) is 36.0 Å². The number of hydrogen-bond acceptors (Lipinski definition) is 2. The quantitative estimate of drug-likeness (QED) is 0.889. The van der Waals surface area contributed by atoms with Gasteiger partial charge in [-0.25, -0.2) is 0 Å². The van der Waals surface area contributed by atoms with Gasteiger partial charge in [0.25, 0.3) is 0 Å². The molecule has 3 heteroatoms. The molecule has 2 nitrogen and oxygen atoms in total. The van der Waals surface area contributed by atoms with Crippen LogP contribution in [0, 0.1) is 5.92 Å². The maximum Gasteiger partial charge on any atom is 0.0477 e. The Morgan fingerprint density at radius 1 is 1.47 bits per heavy atom. The van der Waals surface area contributed by atoms with Gasteiger partial charge in [-0.2, -0.15) is 0 Å². The predicted octanol–water partition coefficient (Wildman–Crippen LogP) is 2.09. The molecule has 0 unspecified atom stereocenters. The highest BCUT2D eigenvalue weighted by Crippen LogP contribution is 2.32. The first-order chi connectivity index (χ1) is 7.20. The van der Waals surface area contributed by atoms with Crippen LogP contribution in [-0.2, 0) is 0 Å². The molecule has 15 heavy (non-hydrogen) atoms. The molecular weight excluding hydrogens is 254 g/mol. The Kier molecular flexibility index (Phi) is 3.44. The summed E-state index contributed by atoms with van der Waals surface area (Å²) < 4.78 is 1.12. The van der Waals surface area contributed by atoms with Gasteiger partial charge in [-0.3, -0.25) is 0 Å². The molecule has 2 rings (SSSR count). The maximum atomic E-state index is 9.35. The molecule has 1 aromatic rings. The number of hydrogen-bond donors (Lipinski definition) is 1. The molecule has 0 aliphatic carbocycles. The maximum absolute atomic E-state index is 9.35. The number of aliphatic hydroxyl groups is 1. The lowest BCUT2D eigenvalue weighted by Gasteiger charge is -2.16. The fourth-order valence-electron chi connectivity index (χ4n) is 2.39. The minimum absolute atomic E-state index is 0.279. The normalized spacial score (nSPS) is 27.1. The van der Waals surface area contributed by atoms with Crippen LogP contribution in [0.4, 0.5) is 0 Å². The van der Waals surface area contributed by atoms with E-state index in [9.17, 15) is 5.11 Å². The van der Waals surface area contributed by atoms with Crippen molar-refractivity contribution in [3.05, 3.63) is 34.3 Å². The molecule has 2 atom stereocenters. The highest BCUT2D eigenvalue weighted by Gasteiger charge is 2.31. The molecule has 82 valence electrons. The average molecular weight is 270 g/mol. The fraction of sp³-hybridized carbons (Fsp3) is 0.500. The van der Waals surface area contributed by atoms with Crippen molar-refractivity contribution in [1.29, 1.82) is 0 Å². The van der Waals surface area contributed by atoms with Gasteiger partial charge in [-0.1, -0.05) is 28.1 Å². The zero-order chi connectivity index (χ0) is 10.8. The van der Waals surface area contributed by atoms with Gasteiger partial charge in [0.15, 0.2) is 0 Å². The van der Waals surface area contributed by atoms with E-state index in [4.69, 9.17) is 0 Å². The van der Waals surface area contributed by atoms with Gasteiger partial charge in [0.05, 0.1) is 0 Å². The number of halogens is 1. The molecule has 0 aromatic heterocycles. The molecule has 1 fully saturated rings. The summed E-state index contributed by atoms with van der Waals surface area (Å²) in [6, 6.07) is 8.41. The molecule has 1 heterocycles. The predicted molar refractivity (Wildman–Crippen MR) is 65.0 cm³/mol. The Bertz CT molecular complexity index is 342. The molecule has 0 saturated carbocycles. The second-order valence-corrected chi connectivity index (χ2v) is 5.24. The fourth-order valence-corrected chi connectivity index (χ4v) is 2.80. The first-order valence-corrected chi connectivity index (χ1v) is 6.05. The lowest BCUT2D eigenvalue weighted by molar-refractivity contribution is 0.219. The molecule has 1 aliphatic rings. The van der Waals surface area contributed by atoms with E-state index in [2.05, 4.69) is 46.1 Å². The van der Waals surface area contributed by atoms with Gasteiger partial charge in [0.2, 0.25) is 0 Å². The Morgan fingerprint density at radius 2 is 2.27 bits per heavy atom. The summed E-state index contributed by atoms with van der Waals surface area (Å²) >= 11 is 3.49. The van der Waals surface area contributed by atoms with Crippen LogP contribution in [0.2, 0.25) is 0 Å². The van der Waals surface area contributed by atoms with E-state index < -0.39 is 0 Å². The molecule has 0 radical (unpaired) electrons. The van der Waals surface area contributed by atoms with Crippen molar-refractivity contribution in [3.8, 4) is 0 Å². The van der Waals surface area contributed by atoms with Crippen LogP contribution in [0.5, 0.6) is 0 Å². The lowest BCUT2D eigenvalue weighted by Crippen LogP contribution is -2.15. The van der Waals surface area contributed by atoms with Crippen molar-refractivity contribution in [3.63, 3.8) is 0 Å². The van der Waals surface area contributed by atoms with E-state index >= 15 is 0 Å². The Labute approximate surface area is 99.0 Å². The second-order valence-electron chi connectivity index (χ2n) is 4.33. The van der Waals surface area contributed by atoms with Crippen LogP contribution >= 0.6 is 15.9 Å². The first-order valence-electron chi connectivity index (χ1n) is 5.25. The van der Waals surface area contributed by atoms with Crippen molar-refractivity contribution in [1.82, 2.24) is 4.90 Å². The number of nitrogens with zero attached hydrogens (tertiary/aromatic N) is 1. The van der Waals surface area contributed by atoms with Gasteiger partial charge in [0.1, 0.15) is 0 Å². The third-order valence-electron chi connectivity index (χ3n) is 3.13. The highest BCUT2D eigenvalue weighted by atomic mass is 79.9. The summed E-state index contributed by atoms with van der Waals surface area (Å²) in [4.78, 5) is 2.28. The topological polar surface area (TPSA) is 23.5 Å². The minimum atomic E-state index is 0.279. The van der Waals surface area contributed by atoms with E-state index in [-0.39, 0.29) is 6.61 Å². The molecule has 0 spiro atoms. The summed E-state index contributed by atoms with van der Waals surface area (Å²) in [5.41, 5.74) is 1.33. The van der Waals surface area contributed by atoms with Gasteiger partial charge in [-0.15, -0.1) is 0 Å². The molecule has 1 N–H and O–H groups in total. The van der Waals surface area contributed by atoms with Crippen LogP contribution < -0.4 is 0 Å². The monoisotopic (exact) mass is 269 g/mol. The zero-order valence-corrected chi connectivity index (χ0v) is 10.4. The van der Waals surface area contributed by atoms with E-state index in [1.165, 1.54) is 5.56 Å². The third kappa shape index (κ3) is 2.41. The number of likely N-dealkylation sites (tertiary alicyclic amines) is 1. The van der Waals surface area contributed by atoms with Crippen molar-refractivity contribution in [2.45, 2.75) is 5.92 Å². The van der Waals surface area contributed by atoms with E-state index in [0.717, 1.165) is 17.6 Å². The minimum Gasteiger partial charge on any atom is -0.396 e. The zero-order valence-electron chi connectivity index (χ0n) is 8.86. The SMILES string of the molecule is CN1C[C@H](CO)[C@H](c2cccc(Br)c2)C1. The van der Waals surface area contributed by atoms with Crippen LogP contribution in [0.1, 0.15) is 11.5 Å². The Morgan fingerprint density at radius 3 is 2.93 bits per heavy atom. The van der Waals surface area contributed by atoms with Crippen LogP contribution in [0.15, 0.2) is 28.7 Å². The van der Waals surface area contributed by atoms with Crippen LogP contribution in [0.3, 0.4) is 0 Å². The van der Waals surface area contributed by atoms with Gasteiger partial charge < -0.3 is 10.0 Å². The van der Waals surface area contributed by atoms with Crippen LogP contribution in [-0.4, -0.2) is 36.8 Å². The van der Waals surface area contributed by atoms with E-state index in [0.29, 0.717) is 11.8 Å². The summed E-state index contributed by atoms with van der Waals surface area (Å²) in [6.45, 7) is 2.32. The standard InChI is InChI=1S/C12H16BrNO/c1-14-6-10(8-15)12(7-14)9-3-2-4-11(13)5-9/h2-5,10,12,15H,6-8H2,1H3/t10-,12+/m1/s1. The van der Waals surface area contributed by atoms with Gasteiger partial charge >= 0.3 is 0 Å². The van der Waals surface area contributed by atoms with Crippen molar-refractivity contribution < 1.29 is 5.11 Å². The Balaban J connectivity index is 2.22. The van der Waals surface area contributed by atoms with E-state index in [1.54, 1.807) is 0 Å². The summed E-state index contributed by atoms with van der Waals surface area (Å²) in [6.07, 6.45) is 0. The summed E-state index contributed by atoms with van der Waals surface area (Å²) in [7, 11) is 2.11. The summed E-state index contributed by atoms with van der Waals surface area (Å²) in [5.74, 6) is 0.849. The number of rotatable bonds is 2. The Hall–Kier alpha value is -0.380. The van der Waals surface area contributed by atoms with Crippen molar-refractivity contribution in [2.24, 2.45) is 5.92 Å². The average Bonchev–Trinajstić information content (AvgIpc) is 2.59. The molecular formula is C12H16BrNO. The van der Waals surface area contributed by atoms with Crippen molar-refractivity contribution >= 4 is 15.9 Å². The highest BCUT2D eigenvalue weighted by molar-refractivity contribution is 9.10.